The number of halogens is 3. The summed E-state index contributed by atoms with van der Waals surface area (Å²) in [5.74, 6) is 2.82. The van der Waals surface area contributed by atoms with Crippen LogP contribution in [0.1, 0.15) is 18.7 Å². The van der Waals surface area contributed by atoms with Gasteiger partial charge < -0.3 is 15.1 Å². The lowest BCUT2D eigenvalue weighted by molar-refractivity contribution is 0.190. The predicted octanol–water partition coefficient (Wildman–Crippen LogP) is 2.17. The first-order valence-corrected chi connectivity index (χ1v) is 7.79. The maximum Gasteiger partial charge on any atom is 0.132 e. The molecule has 23 heavy (non-hydrogen) atoms. The van der Waals surface area contributed by atoms with Gasteiger partial charge in [-0.2, -0.15) is 0 Å². The van der Waals surface area contributed by atoms with E-state index in [1.165, 1.54) is 32.5 Å². The van der Waals surface area contributed by atoms with Crippen LogP contribution in [0, 0.1) is 12.8 Å². The van der Waals surface area contributed by atoms with Gasteiger partial charge in [-0.1, -0.05) is 0 Å². The SMILES string of the molecule is Cc1nccc(N2CCC(CN3CCNCC3)CC2)n1.Cl.Cl.Cl. The Bertz CT molecular complexity index is 435. The van der Waals surface area contributed by atoms with E-state index >= 15 is 0 Å². The molecule has 2 aliphatic rings. The Morgan fingerprint density at radius 2 is 1.74 bits per heavy atom. The molecule has 0 spiro atoms. The lowest BCUT2D eigenvalue weighted by Crippen LogP contribution is -2.47. The van der Waals surface area contributed by atoms with Gasteiger partial charge in [-0.15, -0.1) is 37.2 Å². The summed E-state index contributed by atoms with van der Waals surface area (Å²) >= 11 is 0. The maximum atomic E-state index is 4.53. The molecule has 1 aromatic heterocycles. The number of rotatable bonds is 3. The van der Waals surface area contributed by atoms with E-state index in [9.17, 15) is 0 Å². The van der Waals surface area contributed by atoms with Crippen LogP contribution in [0.25, 0.3) is 0 Å². The molecule has 3 heterocycles. The fourth-order valence-corrected chi connectivity index (χ4v) is 3.22. The van der Waals surface area contributed by atoms with Crippen molar-refractivity contribution in [2.45, 2.75) is 19.8 Å². The minimum atomic E-state index is 0. The highest BCUT2D eigenvalue weighted by Gasteiger charge is 2.22. The Labute approximate surface area is 157 Å². The molecular formula is C15H28Cl3N5. The number of aromatic nitrogens is 2. The highest BCUT2D eigenvalue weighted by molar-refractivity contribution is 5.86. The van der Waals surface area contributed by atoms with Gasteiger partial charge >= 0.3 is 0 Å². The first-order valence-electron chi connectivity index (χ1n) is 7.79. The average molecular weight is 385 g/mol. The summed E-state index contributed by atoms with van der Waals surface area (Å²) in [6.07, 6.45) is 4.43. The van der Waals surface area contributed by atoms with Gasteiger partial charge in [0, 0.05) is 52.0 Å². The number of nitrogens with one attached hydrogen (secondary N) is 1. The molecule has 0 aromatic carbocycles. The van der Waals surface area contributed by atoms with Crippen molar-refractivity contribution in [2.75, 3.05) is 50.7 Å². The summed E-state index contributed by atoms with van der Waals surface area (Å²) in [5.41, 5.74) is 0. The summed E-state index contributed by atoms with van der Waals surface area (Å²) in [6, 6.07) is 2.03. The Kier molecular flexibility index (Phi) is 11.1. The summed E-state index contributed by atoms with van der Waals surface area (Å²) in [5, 5.41) is 3.42. The Morgan fingerprint density at radius 1 is 1.09 bits per heavy atom. The van der Waals surface area contributed by atoms with Crippen LogP contribution in [0.2, 0.25) is 0 Å². The third-order valence-corrected chi connectivity index (χ3v) is 4.43. The van der Waals surface area contributed by atoms with Gasteiger partial charge in [0.1, 0.15) is 11.6 Å². The van der Waals surface area contributed by atoms with Crippen LogP contribution in [-0.4, -0.2) is 60.7 Å². The number of anilines is 1. The first-order chi connectivity index (χ1) is 9.81. The third-order valence-electron chi connectivity index (χ3n) is 4.43. The zero-order valence-corrected chi connectivity index (χ0v) is 16.1. The lowest BCUT2D eigenvalue weighted by Gasteiger charge is -2.36. The molecule has 8 heteroatoms. The molecular weight excluding hydrogens is 357 g/mol. The van der Waals surface area contributed by atoms with Crippen LogP contribution in [0.4, 0.5) is 5.82 Å². The largest absolute Gasteiger partial charge is 0.356 e. The van der Waals surface area contributed by atoms with E-state index in [4.69, 9.17) is 0 Å². The molecule has 2 fully saturated rings. The number of hydrogen-bond donors (Lipinski definition) is 1. The molecule has 1 aromatic rings. The van der Waals surface area contributed by atoms with Crippen LogP contribution < -0.4 is 10.2 Å². The highest BCUT2D eigenvalue weighted by Crippen LogP contribution is 2.22. The highest BCUT2D eigenvalue weighted by atomic mass is 35.5. The Morgan fingerprint density at radius 3 is 2.35 bits per heavy atom. The molecule has 5 nitrogen and oxygen atoms in total. The summed E-state index contributed by atoms with van der Waals surface area (Å²) in [7, 11) is 0. The van der Waals surface area contributed by atoms with Crippen molar-refractivity contribution in [1.82, 2.24) is 20.2 Å². The van der Waals surface area contributed by atoms with E-state index in [0.29, 0.717) is 0 Å². The van der Waals surface area contributed by atoms with E-state index in [2.05, 4.69) is 25.1 Å². The van der Waals surface area contributed by atoms with E-state index in [0.717, 1.165) is 43.7 Å². The topological polar surface area (TPSA) is 44.3 Å². The molecule has 2 aliphatic heterocycles. The van der Waals surface area contributed by atoms with E-state index in [1.807, 2.05) is 19.2 Å². The Hall–Kier alpha value is -0.330. The Balaban J connectivity index is 0.00000161. The van der Waals surface area contributed by atoms with E-state index < -0.39 is 0 Å². The number of hydrogen-bond acceptors (Lipinski definition) is 5. The second-order valence-corrected chi connectivity index (χ2v) is 5.94. The lowest BCUT2D eigenvalue weighted by atomic mass is 9.96. The standard InChI is InChI=1S/C15H25N5.3ClH/c1-13-17-5-2-15(18-13)20-8-3-14(4-9-20)12-19-10-6-16-7-11-19;;;/h2,5,14,16H,3-4,6-12H2,1H3;3*1H. The fraction of sp³-hybridized carbons (Fsp3) is 0.733. The predicted molar refractivity (Wildman–Crippen MR) is 103 cm³/mol. The van der Waals surface area contributed by atoms with Crippen molar-refractivity contribution < 1.29 is 0 Å². The molecule has 0 saturated carbocycles. The molecule has 0 unspecified atom stereocenters. The maximum absolute atomic E-state index is 4.53. The van der Waals surface area contributed by atoms with Crippen molar-refractivity contribution in [1.29, 1.82) is 0 Å². The van der Waals surface area contributed by atoms with Crippen LogP contribution in [-0.2, 0) is 0 Å². The second kappa shape index (κ2) is 11.3. The second-order valence-electron chi connectivity index (χ2n) is 5.94. The molecule has 0 atom stereocenters. The summed E-state index contributed by atoms with van der Waals surface area (Å²) < 4.78 is 0. The fourth-order valence-electron chi connectivity index (χ4n) is 3.22. The van der Waals surface area contributed by atoms with Gasteiger partial charge in [0.15, 0.2) is 0 Å². The van der Waals surface area contributed by atoms with Crippen LogP contribution in [0.5, 0.6) is 0 Å². The van der Waals surface area contributed by atoms with Crippen molar-refractivity contribution in [3.8, 4) is 0 Å². The van der Waals surface area contributed by atoms with E-state index in [-0.39, 0.29) is 37.2 Å². The van der Waals surface area contributed by atoms with Gasteiger partial charge in [-0.25, -0.2) is 9.97 Å². The van der Waals surface area contributed by atoms with Crippen LogP contribution >= 0.6 is 37.2 Å². The van der Waals surface area contributed by atoms with Gasteiger partial charge in [0.2, 0.25) is 0 Å². The zero-order valence-electron chi connectivity index (χ0n) is 13.6. The van der Waals surface area contributed by atoms with Gasteiger partial charge in [-0.05, 0) is 31.7 Å². The summed E-state index contributed by atoms with van der Waals surface area (Å²) in [6.45, 7) is 10.2. The summed E-state index contributed by atoms with van der Waals surface area (Å²) in [4.78, 5) is 13.7. The first kappa shape index (κ1) is 22.7. The average Bonchev–Trinajstić information content (AvgIpc) is 2.49. The molecule has 0 radical (unpaired) electrons. The normalized spacial score (nSPS) is 19.3. The van der Waals surface area contributed by atoms with Crippen molar-refractivity contribution >= 4 is 43.0 Å². The molecule has 0 aliphatic carbocycles. The van der Waals surface area contributed by atoms with Gasteiger partial charge in [0.25, 0.3) is 0 Å². The minimum absolute atomic E-state index is 0. The van der Waals surface area contributed by atoms with Gasteiger partial charge in [-0.3, -0.25) is 0 Å². The number of nitrogens with zero attached hydrogens (tertiary/aromatic N) is 4. The molecule has 0 amide bonds. The number of piperidine rings is 1. The van der Waals surface area contributed by atoms with E-state index in [1.54, 1.807) is 0 Å². The van der Waals surface area contributed by atoms with Crippen LogP contribution in [0.3, 0.4) is 0 Å². The van der Waals surface area contributed by atoms with Crippen LogP contribution in [0.15, 0.2) is 12.3 Å². The smallest absolute Gasteiger partial charge is 0.132 e. The minimum Gasteiger partial charge on any atom is -0.356 e. The van der Waals surface area contributed by atoms with Crippen molar-refractivity contribution in [3.05, 3.63) is 18.1 Å². The molecule has 3 rings (SSSR count). The molecule has 2 saturated heterocycles. The third kappa shape index (κ3) is 6.59. The van der Waals surface area contributed by atoms with Crippen molar-refractivity contribution in [3.63, 3.8) is 0 Å². The number of piperazine rings is 1. The quantitative estimate of drug-likeness (QED) is 0.865. The van der Waals surface area contributed by atoms with Gasteiger partial charge in [0.05, 0.1) is 0 Å². The zero-order chi connectivity index (χ0) is 13.8. The molecule has 134 valence electrons. The van der Waals surface area contributed by atoms with Crippen molar-refractivity contribution in [2.24, 2.45) is 5.92 Å². The molecule has 1 N–H and O–H groups in total. The monoisotopic (exact) mass is 383 g/mol. The molecule has 0 bridgehead atoms. The number of aryl methyl sites for hydroxylation is 1.